The molecular weight excluding hydrogens is 236 g/mol. The molecule has 4 heteroatoms. The molecule has 0 bridgehead atoms. The van der Waals surface area contributed by atoms with Crippen molar-refractivity contribution >= 4 is 11.5 Å². The number of nitrogens with one attached hydrogen (secondary N) is 1. The van der Waals surface area contributed by atoms with Gasteiger partial charge in [0, 0.05) is 24.7 Å². The van der Waals surface area contributed by atoms with Crippen molar-refractivity contribution in [3.8, 4) is 0 Å². The number of rotatable bonds is 6. The molecular formula is C15H26N4. The highest BCUT2D eigenvalue weighted by Crippen LogP contribution is 2.26. The first-order chi connectivity index (χ1) is 8.88. The fourth-order valence-corrected chi connectivity index (χ4v) is 2.57. The molecule has 0 amide bonds. The van der Waals surface area contributed by atoms with E-state index in [1.807, 2.05) is 12.1 Å². The lowest BCUT2D eigenvalue weighted by Gasteiger charge is -2.34. The molecule has 0 radical (unpaired) electrons. The molecule has 4 nitrogen and oxygen atoms in total. The Hall–Kier alpha value is -1.55. The first kappa shape index (κ1) is 15.5. The minimum absolute atomic E-state index is 0.134. The molecule has 0 heterocycles. The van der Waals surface area contributed by atoms with Crippen molar-refractivity contribution in [2.24, 2.45) is 5.73 Å². The van der Waals surface area contributed by atoms with E-state index < -0.39 is 0 Å². The van der Waals surface area contributed by atoms with Crippen molar-refractivity contribution in [2.75, 3.05) is 32.1 Å². The Bertz CT molecular complexity index is 440. The highest BCUT2D eigenvalue weighted by molar-refractivity contribution is 6.01. The van der Waals surface area contributed by atoms with Crippen molar-refractivity contribution in [2.45, 2.75) is 26.8 Å². The molecule has 1 atom stereocenters. The summed E-state index contributed by atoms with van der Waals surface area (Å²) in [6, 6.07) is 6.34. The van der Waals surface area contributed by atoms with E-state index in [0.717, 1.165) is 24.3 Å². The van der Waals surface area contributed by atoms with E-state index in [4.69, 9.17) is 11.1 Å². The summed E-state index contributed by atoms with van der Waals surface area (Å²) in [6.07, 6.45) is 0. The van der Waals surface area contributed by atoms with Gasteiger partial charge in [-0.2, -0.15) is 0 Å². The van der Waals surface area contributed by atoms with Crippen LogP contribution in [0.25, 0.3) is 0 Å². The lowest BCUT2D eigenvalue weighted by molar-refractivity contribution is 0.373. The number of anilines is 1. The molecule has 0 aliphatic heterocycles. The lowest BCUT2D eigenvalue weighted by atomic mass is 10.0. The average molecular weight is 262 g/mol. The van der Waals surface area contributed by atoms with Crippen LogP contribution >= 0.6 is 0 Å². The Morgan fingerprint density at radius 3 is 2.47 bits per heavy atom. The molecule has 106 valence electrons. The Morgan fingerprint density at radius 1 is 1.37 bits per heavy atom. The zero-order chi connectivity index (χ0) is 14.6. The molecule has 1 rings (SSSR count). The van der Waals surface area contributed by atoms with Gasteiger partial charge in [0.25, 0.3) is 0 Å². The van der Waals surface area contributed by atoms with Crippen molar-refractivity contribution in [1.82, 2.24) is 4.90 Å². The molecule has 0 saturated carbocycles. The fraction of sp³-hybridized carbons (Fsp3) is 0.533. The maximum absolute atomic E-state index is 7.76. The molecule has 0 fully saturated rings. The summed E-state index contributed by atoms with van der Waals surface area (Å²) in [4.78, 5) is 4.51. The van der Waals surface area contributed by atoms with Crippen LogP contribution in [0.5, 0.6) is 0 Å². The smallest absolute Gasteiger partial charge is 0.124 e. The summed E-state index contributed by atoms with van der Waals surface area (Å²) >= 11 is 0. The number of aryl methyl sites for hydroxylation is 1. The van der Waals surface area contributed by atoms with Crippen LogP contribution in [0.15, 0.2) is 18.2 Å². The quantitative estimate of drug-likeness (QED) is 0.609. The van der Waals surface area contributed by atoms with Gasteiger partial charge in [-0.25, -0.2) is 0 Å². The largest absolute Gasteiger partial charge is 0.384 e. The SMILES string of the molecule is CCN(c1c(C)cccc1C(=N)N)C(C)CN(C)C. The van der Waals surface area contributed by atoms with Gasteiger partial charge in [0.05, 0.1) is 5.69 Å². The number of benzene rings is 1. The third-order valence-corrected chi connectivity index (χ3v) is 3.32. The number of hydrogen-bond acceptors (Lipinski definition) is 3. The number of nitrogen functional groups attached to an aromatic ring is 1. The Morgan fingerprint density at radius 2 is 2.00 bits per heavy atom. The van der Waals surface area contributed by atoms with Crippen LogP contribution in [-0.4, -0.2) is 44.0 Å². The van der Waals surface area contributed by atoms with E-state index in [9.17, 15) is 0 Å². The maximum Gasteiger partial charge on any atom is 0.124 e. The minimum atomic E-state index is 0.134. The second-order valence-electron chi connectivity index (χ2n) is 5.28. The van der Waals surface area contributed by atoms with E-state index in [0.29, 0.717) is 6.04 Å². The topological polar surface area (TPSA) is 56.4 Å². The first-order valence-electron chi connectivity index (χ1n) is 6.73. The maximum atomic E-state index is 7.76. The van der Waals surface area contributed by atoms with Crippen LogP contribution in [0.3, 0.4) is 0 Å². The van der Waals surface area contributed by atoms with Gasteiger partial charge in [0.2, 0.25) is 0 Å². The molecule has 0 aliphatic carbocycles. The second-order valence-corrected chi connectivity index (χ2v) is 5.28. The molecule has 19 heavy (non-hydrogen) atoms. The number of nitrogens with zero attached hydrogens (tertiary/aromatic N) is 2. The van der Waals surface area contributed by atoms with Crippen LogP contribution < -0.4 is 10.6 Å². The first-order valence-corrected chi connectivity index (χ1v) is 6.73. The normalized spacial score (nSPS) is 12.5. The Kier molecular flexibility index (Phi) is 5.36. The minimum Gasteiger partial charge on any atom is -0.384 e. The van der Waals surface area contributed by atoms with Crippen molar-refractivity contribution < 1.29 is 0 Å². The molecule has 0 aromatic heterocycles. The summed E-state index contributed by atoms with van der Waals surface area (Å²) < 4.78 is 0. The molecule has 1 aromatic carbocycles. The fourth-order valence-electron chi connectivity index (χ4n) is 2.57. The average Bonchev–Trinajstić information content (AvgIpc) is 2.30. The lowest BCUT2D eigenvalue weighted by Crippen LogP contribution is -2.41. The monoisotopic (exact) mass is 262 g/mol. The number of amidine groups is 1. The van der Waals surface area contributed by atoms with Gasteiger partial charge in [-0.1, -0.05) is 12.1 Å². The summed E-state index contributed by atoms with van der Waals surface area (Å²) in [5, 5.41) is 7.76. The Labute approximate surface area is 116 Å². The molecule has 1 unspecified atom stereocenters. The zero-order valence-corrected chi connectivity index (χ0v) is 12.7. The summed E-state index contributed by atoms with van der Waals surface area (Å²) in [5.41, 5.74) is 8.81. The van der Waals surface area contributed by atoms with Crippen LogP contribution in [0.1, 0.15) is 25.0 Å². The van der Waals surface area contributed by atoms with Gasteiger partial charge in [0.1, 0.15) is 5.84 Å². The van der Waals surface area contributed by atoms with Crippen LogP contribution in [-0.2, 0) is 0 Å². The van der Waals surface area contributed by atoms with E-state index in [-0.39, 0.29) is 5.84 Å². The van der Waals surface area contributed by atoms with Crippen molar-refractivity contribution in [1.29, 1.82) is 5.41 Å². The van der Waals surface area contributed by atoms with Crippen LogP contribution in [0.2, 0.25) is 0 Å². The van der Waals surface area contributed by atoms with Crippen LogP contribution in [0, 0.1) is 12.3 Å². The summed E-state index contributed by atoms with van der Waals surface area (Å²) in [5.74, 6) is 0.134. The predicted molar refractivity (Wildman–Crippen MR) is 83.2 cm³/mol. The molecule has 0 saturated heterocycles. The molecule has 1 aromatic rings. The van der Waals surface area contributed by atoms with E-state index in [2.05, 4.69) is 50.7 Å². The van der Waals surface area contributed by atoms with E-state index in [1.165, 1.54) is 5.56 Å². The van der Waals surface area contributed by atoms with E-state index >= 15 is 0 Å². The second kappa shape index (κ2) is 6.57. The highest BCUT2D eigenvalue weighted by Gasteiger charge is 2.19. The van der Waals surface area contributed by atoms with Crippen molar-refractivity contribution in [3.05, 3.63) is 29.3 Å². The number of nitrogens with two attached hydrogens (primary N) is 1. The predicted octanol–water partition coefficient (Wildman–Crippen LogP) is 2.06. The molecule has 3 N–H and O–H groups in total. The third-order valence-electron chi connectivity index (χ3n) is 3.32. The van der Waals surface area contributed by atoms with Crippen LogP contribution in [0.4, 0.5) is 5.69 Å². The van der Waals surface area contributed by atoms with Gasteiger partial charge in [-0.3, -0.25) is 5.41 Å². The van der Waals surface area contributed by atoms with Crippen molar-refractivity contribution in [3.63, 3.8) is 0 Å². The van der Waals surface area contributed by atoms with Gasteiger partial charge in [-0.05, 0) is 46.5 Å². The van der Waals surface area contributed by atoms with Gasteiger partial charge in [-0.15, -0.1) is 0 Å². The summed E-state index contributed by atoms with van der Waals surface area (Å²) in [7, 11) is 4.15. The summed E-state index contributed by atoms with van der Waals surface area (Å²) in [6.45, 7) is 8.30. The van der Waals surface area contributed by atoms with Gasteiger partial charge < -0.3 is 15.5 Å². The highest BCUT2D eigenvalue weighted by atomic mass is 15.2. The van der Waals surface area contributed by atoms with Gasteiger partial charge in [0.15, 0.2) is 0 Å². The standard InChI is InChI=1S/C15H26N4/c1-6-19(12(3)10-18(4)5)14-11(2)8-7-9-13(14)15(16)17/h7-9,12H,6,10H2,1-5H3,(H3,16,17). The number of hydrogen-bond donors (Lipinski definition) is 2. The third kappa shape index (κ3) is 3.70. The van der Waals surface area contributed by atoms with E-state index in [1.54, 1.807) is 0 Å². The molecule has 0 spiro atoms. The molecule has 0 aliphatic rings. The Balaban J connectivity index is 3.20. The number of para-hydroxylation sites is 1. The van der Waals surface area contributed by atoms with Gasteiger partial charge >= 0.3 is 0 Å². The number of likely N-dealkylation sites (N-methyl/N-ethyl adjacent to an activating group) is 2. The zero-order valence-electron chi connectivity index (χ0n) is 12.7.